The van der Waals surface area contributed by atoms with Gasteiger partial charge in [-0.15, -0.1) is 0 Å². The number of pyridine rings is 1. The van der Waals surface area contributed by atoms with Gasteiger partial charge in [-0.05, 0) is 32.0 Å². The Balaban J connectivity index is 2.07. The molecule has 0 aliphatic carbocycles. The Morgan fingerprint density at radius 2 is 1.96 bits per heavy atom. The molecule has 1 amide bonds. The highest BCUT2D eigenvalue weighted by Gasteiger charge is 2.18. The summed E-state index contributed by atoms with van der Waals surface area (Å²) in [6, 6.07) is 4.61. The molecule has 118 valence electrons. The van der Waals surface area contributed by atoms with E-state index >= 15 is 0 Å². The second kappa shape index (κ2) is 5.42. The predicted molar refractivity (Wildman–Crippen MR) is 82.3 cm³/mol. The van der Waals surface area contributed by atoms with Gasteiger partial charge in [-0.25, -0.2) is 13.8 Å². The highest BCUT2D eigenvalue weighted by molar-refractivity contribution is 6.12. The lowest BCUT2D eigenvalue weighted by molar-refractivity contribution is 0.102. The quantitative estimate of drug-likeness (QED) is 0.790. The highest BCUT2D eigenvalue weighted by atomic mass is 19.1. The van der Waals surface area contributed by atoms with Gasteiger partial charge in [-0.2, -0.15) is 5.10 Å². The van der Waals surface area contributed by atoms with Crippen molar-refractivity contribution in [3.05, 3.63) is 52.9 Å². The van der Waals surface area contributed by atoms with Gasteiger partial charge in [0.25, 0.3) is 5.91 Å². The van der Waals surface area contributed by atoms with Crippen molar-refractivity contribution in [2.75, 3.05) is 5.32 Å². The number of carbonyl (C=O) groups excluding carboxylic acids is 1. The summed E-state index contributed by atoms with van der Waals surface area (Å²) in [5.41, 5.74) is 2.14. The zero-order valence-corrected chi connectivity index (χ0v) is 12.8. The summed E-state index contributed by atoms with van der Waals surface area (Å²) < 4.78 is 28.3. The fourth-order valence-electron chi connectivity index (χ4n) is 2.53. The molecule has 0 aliphatic heterocycles. The van der Waals surface area contributed by atoms with E-state index in [2.05, 4.69) is 15.4 Å². The minimum Gasteiger partial charge on any atom is -0.319 e. The number of aromatic nitrogens is 3. The van der Waals surface area contributed by atoms with Gasteiger partial charge in [0.2, 0.25) is 0 Å². The minimum atomic E-state index is -0.830. The van der Waals surface area contributed by atoms with Gasteiger partial charge < -0.3 is 5.32 Å². The third-order valence-corrected chi connectivity index (χ3v) is 3.52. The molecule has 2 heterocycles. The smallest absolute Gasteiger partial charge is 0.256 e. The standard InChI is InChI=1S/C16H14F2N4O/c1-8-6-11(14-9(2)21-22(3)15(14)19-8)16(23)20-13-5-4-10(17)7-12(13)18/h4-7H,1-3H3,(H,20,23). The van der Waals surface area contributed by atoms with E-state index in [0.29, 0.717) is 28.0 Å². The van der Waals surface area contributed by atoms with Crippen molar-refractivity contribution in [3.63, 3.8) is 0 Å². The van der Waals surface area contributed by atoms with Gasteiger partial charge in [0.1, 0.15) is 11.6 Å². The molecule has 0 atom stereocenters. The van der Waals surface area contributed by atoms with E-state index in [1.807, 2.05) is 0 Å². The zero-order valence-electron chi connectivity index (χ0n) is 12.8. The highest BCUT2D eigenvalue weighted by Crippen LogP contribution is 2.23. The second-order valence-corrected chi connectivity index (χ2v) is 5.30. The number of aryl methyl sites for hydroxylation is 3. The van der Waals surface area contributed by atoms with Gasteiger partial charge >= 0.3 is 0 Å². The van der Waals surface area contributed by atoms with E-state index < -0.39 is 17.5 Å². The molecule has 0 saturated carbocycles. The number of nitrogens with one attached hydrogen (secondary N) is 1. The van der Waals surface area contributed by atoms with Gasteiger partial charge in [-0.3, -0.25) is 9.48 Å². The Morgan fingerprint density at radius 1 is 1.22 bits per heavy atom. The first-order valence-electron chi connectivity index (χ1n) is 6.94. The van der Waals surface area contributed by atoms with Gasteiger partial charge in [0, 0.05) is 18.8 Å². The molecule has 0 spiro atoms. The lowest BCUT2D eigenvalue weighted by atomic mass is 10.1. The van der Waals surface area contributed by atoms with Crippen molar-refractivity contribution in [2.24, 2.45) is 7.05 Å². The summed E-state index contributed by atoms with van der Waals surface area (Å²) in [6.45, 7) is 3.53. The minimum absolute atomic E-state index is 0.0828. The average Bonchev–Trinajstić information content (AvgIpc) is 2.76. The van der Waals surface area contributed by atoms with Crippen molar-refractivity contribution in [3.8, 4) is 0 Å². The second-order valence-electron chi connectivity index (χ2n) is 5.30. The normalized spacial score (nSPS) is 11.0. The summed E-state index contributed by atoms with van der Waals surface area (Å²) in [6.07, 6.45) is 0. The topological polar surface area (TPSA) is 59.8 Å². The van der Waals surface area contributed by atoms with Crippen LogP contribution < -0.4 is 5.32 Å². The molecule has 2 aromatic heterocycles. The molecule has 7 heteroatoms. The Bertz CT molecular complexity index is 933. The first-order chi connectivity index (χ1) is 10.9. The maximum atomic E-state index is 13.7. The SMILES string of the molecule is Cc1cc(C(=O)Nc2ccc(F)cc2F)c2c(C)nn(C)c2n1. The first kappa shape index (κ1) is 15.1. The Hall–Kier alpha value is -2.83. The van der Waals surface area contributed by atoms with Gasteiger partial charge in [0.15, 0.2) is 5.65 Å². The van der Waals surface area contributed by atoms with Crippen LogP contribution in [0.25, 0.3) is 11.0 Å². The van der Waals surface area contributed by atoms with Crippen LogP contribution in [0.1, 0.15) is 21.7 Å². The molecule has 0 unspecified atom stereocenters. The summed E-state index contributed by atoms with van der Waals surface area (Å²) in [5, 5.41) is 7.33. The Labute approximate surface area is 130 Å². The monoisotopic (exact) mass is 316 g/mol. The molecule has 5 nitrogen and oxygen atoms in total. The number of anilines is 1. The Morgan fingerprint density at radius 3 is 2.65 bits per heavy atom. The van der Waals surface area contributed by atoms with Crippen molar-refractivity contribution in [2.45, 2.75) is 13.8 Å². The van der Waals surface area contributed by atoms with Crippen LogP contribution in [0.15, 0.2) is 24.3 Å². The van der Waals surface area contributed by atoms with Gasteiger partial charge in [0.05, 0.1) is 22.3 Å². The van der Waals surface area contributed by atoms with Crippen molar-refractivity contribution >= 4 is 22.6 Å². The van der Waals surface area contributed by atoms with E-state index in [4.69, 9.17) is 0 Å². The van der Waals surface area contributed by atoms with E-state index in [0.717, 1.165) is 12.1 Å². The third kappa shape index (κ3) is 2.65. The van der Waals surface area contributed by atoms with Crippen LogP contribution in [-0.4, -0.2) is 20.7 Å². The van der Waals surface area contributed by atoms with Crippen LogP contribution in [-0.2, 0) is 7.05 Å². The molecular weight excluding hydrogens is 302 g/mol. The molecule has 1 aromatic carbocycles. The van der Waals surface area contributed by atoms with Crippen LogP contribution >= 0.6 is 0 Å². The molecule has 0 fully saturated rings. The maximum Gasteiger partial charge on any atom is 0.256 e. The fraction of sp³-hybridized carbons (Fsp3) is 0.188. The largest absolute Gasteiger partial charge is 0.319 e. The van der Waals surface area contributed by atoms with E-state index in [1.54, 1.807) is 31.6 Å². The fourth-order valence-corrected chi connectivity index (χ4v) is 2.53. The lowest BCUT2D eigenvalue weighted by Crippen LogP contribution is -2.14. The number of halogens is 2. The first-order valence-corrected chi connectivity index (χ1v) is 6.94. The van der Waals surface area contributed by atoms with Crippen LogP contribution in [0.2, 0.25) is 0 Å². The van der Waals surface area contributed by atoms with Crippen molar-refractivity contribution in [1.82, 2.24) is 14.8 Å². The number of benzene rings is 1. The maximum absolute atomic E-state index is 13.7. The number of hydrogen-bond acceptors (Lipinski definition) is 3. The number of hydrogen-bond donors (Lipinski definition) is 1. The lowest BCUT2D eigenvalue weighted by Gasteiger charge is -2.08. The number of nitrogens with zero attached hydrogens (tertiary/aromatic N) is 3. The van der Waals surface area contributed by atoms with Crippen molar-refractivity contribution in [1.29, 1.82) is 0 Å². The predicted octanol–water partition coefficient (Wildman–Crippen LogP) is 3.12. The van der Waals surface area contributed by atoms with Crippen molar-refractivity contribution < 1.29 is 13.6 Å². The van der Waals surface area contributed by atoms with Crippen LogP contribution in [0.3, 0.4) is 0 Å². The molecule has 1 N–H and O–H groups in total. The molecular formula is C16H14F2N4O. The van der Waals surface area contributed by atoms with Crippen LogP contribution in [0, 0.1) is 25.5 Å². The number of rotatable bonds is 2. The summed E-state index contributed by atoms with van der Waals surface area (Å²) >= 11 is 0. The average molecular weight is 316 g/mol. The van der Waals surface area contributed by atoms with Crippen LogP contribution in [0.5, 0.6) is 0 Å². The molecule has 23 heavy (non-hydrogen) atoms. The van der Waals surface area contributed by atoms with Crippen LogP contribution in [0.4, 0.5) is 14.5 Å². The molecule has 0 saturated heterocycles. The summed E-state index contributed by atoms with van der Waals surface area (Å²) in [4.78, 5) is 16.9. The molecule has 0 radical (unpaired) electrons. The Kier molecular flexibility index (Phi) is 3.55. The molecule has 0 aliphatic rings. The summed E-state index contributed by atoms with van der Waals surface area (Å²) in [7, 11) is 1.74. The third-order valence-electron chi connectivity index (χ3n) is 3.52. The van der Waals surface area contributed by atoms with E-state index in [9.17, 15) is 13.6 Å². The molecule has 3 rings (SSSR count). The number of amides is 1. The number of fused-ring (bicyclic) bond motifs is 1. The summed E-state index contributed by atoms with van der Waals surface area (Å²) in [5.74, 6) is -2.03. The van der Waals surface area contributed by atoms with Gasteiger partial charge in [-0.1, -0.05) is 0 Å². The number of carbonyl (C=O) groups is 1. The van der Waals surface area contributed by atoms with E-state index in [1.165, 1.54) is 6.07 Å². The molecule has 0 bridgehead atoms. The molecule has 3 aromatic rings. The zero-order chi connectivity index (χ0) is 16.7. The van der Waals surface area contributed by atoms with E-state index in [-0.39, 0.29) is 5.69 Å².